The zero-order chi connectivity index (χ0) is 19.8. The third-order valence-electron chi connectivity index (χ3n) is 4.87. The molecule has 1 aromatic heterocycles. The van der Waals surface area contributed by atoms with Crippen molar-refractivity contribution in [1.82, 2.24) is 9.88 Å². The van der Waals surface area contributed by atoms with Crippen LogP contribution in [0.15, 0.2) is 53.5 Å². The van der Waals surface area contributed by atoms with Crippen molar-refractivity contribution in [1.29, 1.82) is 0 Å². The van der Waals surface area contributed by atoms with Crippen molar-refractivity contribution in [3.8, 4) is 11.1 Å². The molecule has 0 bridgehead atoms. The van der Waals surface area contributed by atoms with Crippen LogP contribution in [0.4, 0.5) is 5.69 Å². The summed E-state index contributed by atoms with van der Waals surface area (Å²) < 4.78 is 0. The molecule has 142 valence electrons. The smallest absolute Gasteiger partial charge is 0.271 e. The molecule has 3 N–H and O–H groups in total. The lowest BCUT2D eigenvalue weighted by Gasteiger charge is -2.15. The number of pyridine rings is 1. The van der Waals surface area contributed by atoms with Gasteiger partial charge >= 0.3 is 0 Å². The molecule has 2 aromatic carbocycles. The first kappa shape index (κ1) is 18.6. The van der Waals surface area contributed by atoms with Crippen LogP contribution >= 0.6 is 23.2 Å². The summed E-state index contributed by atoms with van der Waals surface area (Å²) >= 11 is 12.2. The number of H-pyrrole nitrogens is 1. The Morgan fingerprint density at radius 1 is 1.04 bits per heavy atom. The standard InChI is InChI=1S/C21H17Cl2N3O2/c22-17-6-15-10-26(11-16(15)7-18(17)23)20(27)5-12-2-1-3-13(4-12)14-8-19(24)21(28)25-9-14/h1-4,6-9H,5,10-11,24H2,(H,25,28). The zero-order valence-corrected chi connectivity index (χ0v) is 16.3. The van der Waals surface area contributed by atoms with E-state index < -0.39 is 0 Å². The van der Waals surface area contributed by atoms with Crippen LogP contribution in [0.25, 0.3) is 11.1 Å². The fourth-order valence-electron chi connectivity index (χ4n) is 3.38. The molecular weight excluding hydrogens is 397 g/mol. The van der Waals surface area contributed by atoms with E-state index in [2.05, 4.69) is 4.98 Å². The normalized spacial score (nSPS) is 12.9. The second kappa shape index (κ2) is 7.34. The second-order valence-corrected chi connectivity index (χ2v) is 7.65. The van der Waals surface area contributed by atoms with E-state index in [0.717, 1.165) is 27.8 Å². The fraction of sp³-hybridized carbons (Fsp3) is 0.143. The fourth-order valence-corrected chi connectivity index (χ4v) is 3.75. The van der Waals surface area contributed by atoms with E-state index in [4.69, 9.17) is 28.9 Å². The molecule has 0 spiro atoms. The van der Waals surface area contributed by atoms with E-state index in [1.807, 2.05) is 36.4 Å². The molecule has 0 saturated heterocycles. The highest BCUT2D eigenvalue weighted by Gasteiger charge is 2.24. The van der Waals surface area contributed by atoms with E-state index >= 15 is 0 Å². The minimum absolute atomic E-state index is 0.0292. The highest BCUT2D eigenvalue weighted by atomic mass is 35.5. The molecule has 0 radical (unpaired) electrons. The van der Waals surface area contributed by atoms with Gasteiger partial charge in [-0.2, -0.15) is 0 Å². The number of aromatic amines is 1. The summed E-state index contributed by atoms with van der Waals surface area (Å²) in [6.07, 6.45) is 1.90. The minimum Gasteiger partial charge on any atom is -0.394 e. The molecular formula is C21H17Cl2N3O2. The van der Waals surface area contributed by atoms with E-state index in [-0.39, 0.29) is 23.6 Å². The molecule has 2 heterocycles. The number of anilines is 1. The van der Waals surface area contributed by atoms with Crippen LogP contribution < -0.4 is 11.3 Å². The van der Waals surface area contributed by atoms with Gasteiger partial charge in [0.25, 0.3) is 5.56 Å². The number of nitrogen functional groups attached to an aromatic ring is 1. The Morgan fingerprint density at radius 2 is 1.71 bits per heavy atom. The van der Waals surface area contributed by atoms with Gasteiger partial charge in [0.2, 0.25) is 5.91 Å². The third kappa shape index (κ3) is 3.63. The largest absolute Gasteiger partial charge is 0.394 e. The molecule has 0 fully saturated rings. The molecule has 1 amide bonds. The average molecular weight is 414 g/mol. The number of nitrogens with one attached hydrogen (secondary N) is 1. The molecule has 7 heteroatoms. The number of hydrogen-bond acceptors (Lipinski definition) is 3. The SMILES string of the molecule is Nc1cc(-c2cccc(CC(=O)N3Cc4cc(Cl)c(Cl)cc4C3)c2)c[nH]c1=O. The van der Waals surface area contributed by atoms with Crippen molar-refractivity contribution in [2.24, 2.45) is 0 Å². The maximum absolute atomic E-state index is 12.8. The number of amides is 1. The van der Waals surface area contributed by atoms with Crippen LogP contribution in [0.2, 0.25) is 10.0 Å². The van der Waals surface area contributed by atoms with E-state index in [0.29, 0.717) is 23.1 Å². The monoisotopic (exact) mass is 413 g/mol. The van der Waals surface area contributed by atoms with Crippen molar-refractivity contribution in [3.05, 3.63) is 85.8 Å². The Morgan fingerprint density at radius 3 is 2.36 bits per heavy atom. The number of fused-ring (bicyclic) bond motifs is 1. The van der Waals surface area contributed by atoms with Crippen molar-refractivity contribution in [2.75, 3.05) is 5.73 Å². The molecule has 0 saturated carbocycles. The Hall–Kier alpha value is -2.76. The summed E-state index contributed by atoms with van der Waals surface area (Å²) in [6, 6.07) is 12.9. The number of carbonyl (C=O) groups excluding carboxylic acids is 1. The van der Waals surface area contributed by atoms with Crippen LogP contribution in [0.5, 0.6) is 0 Å². The number of benzene rings is 2. The third-order valence-corrected chi connectivity index (χ3v) is 5.59. The Bertz CT molecular complexity index is 1110. The highest BCUT2D eigenvalue weighted by molar-refractivity contribution is 6.42. The predicted molar refractivity (Wildman–Crippen MR) is 111 cm³/mol. The molecule has 0 atom stereocenters. The zero-order valence-electron chi connectivity index (χ0n) is 14.8. The molecule has 5 nitrogen and oxygen atoms in total. The van der Waals surface area contributed by atoms with Crippen molar-refractivity contribution < 1.29 is 4.79 Å². The number of aromatic nitrogens is 1. The summed E-state index contributed by atoms with van der Waals surface area (Å²) in [5, 5.41) is 1.00. The van der Waals surface area contributed by atoms with E-state index in [1.54, 1.807) is 17.2 Å². The van der Waals surface area contributed by atoms with Gasteiger partial charge in [-0.05, 0) is 40.5 Å². The van der Waals surface area contributed by atoms with Crippen LogP contribution in [0.3, 0.4) is 0 Å². The number of nitrogens with zero attached hydrogens (tertiary/aromatic N) is 1. The topological polar surface area (TPSA) is 79.2 Å². The Kier molecular flexibility index (Phi) is 4.87. The van der Waals surface area contributed by atoms with E-state index in [1.165, 1.54) is 0 Å². The highest BCUT2D eigenvalue weighted by Crippen LogP contribution is 2.32. The molecule has 0 unspecified atom stereocenters. The first-order chi connectivity index (χ1) is 13.4. The van der Waals surface area contributed by atoms with Gasteiger partial charge in [-0.25, -0.2) is 0 Å². The number of nitrogens with two attached hydrogens (primary N) is 1. The molecule has 28 heavy (non-hydrogen) atoms. The van der Waals surface area contributed by atoms with Gasteiger partial charge in [0.05, 0.1) is 22.2 Å². The number of hydrogen-bond donors (Lipinski definition) is 2. The molecule has 1 aliphatic heterocycles. The average Bonchev–Trinajstić information content (AvgIpc) is 3.07. The first-order valence-electron chi connectivity index (χ1n) is 8.73. The van der Waals surface area contributed by atoms with Gasteiger partial charge < -0.3 is 15.6 Å². The first-order valence-corrected chi connectivity index (χ1v) is 9.48. The van der Waals surface area contributed by atoms with Gasteiger partial charge in [-0.15, -0.1) is 0 Å². The van der Waals surface area contributed by atoms with Crippen molar-refractivity contribution >= 4 is 34.8 Å². The van der Waals surface area contributed by atoms with Gasteiger partial charge in [0.1, 0.15) is 0 Å². The molecule has 3 aromatic rings. The van der Waals surface area contributed by atoms with Gasteiger partial charge in [0.15, 0.2) is 0 Å². The van der Waals surface area contributed by atoms with Crippen LogP contribution in [-0.2, 0) is 24.3 Å². The number of carbonyl (C=O) groups is 1. The van der Waals surface area contributed by atoms with Crippen LogP contribution in [0, 0.1) is 0 Å². The van der Waals surface area contributed by atoms with E-state index in [9.17, 15) is 9.59 Å². The number of rotatable bonds is 3. The lowest BCUT2D eigenvalue weighted by Crippen LogP contribution is -2.26. The summed E-state index contributed by atoms with van der Waals surface area (Å²) in [4.78, 5) is 28.6. The van der Waals surface area contributed by atoms with Crippen LogP contribution in [-0.4, -0.2) is 15.8 Å². The van der Waals surface area contributed by atoms with Gasteiger partial charge in [-0.3, -0.25) is 9.59 Å². The molecule has 1 aliphatic rings. The van der Waals surface area contributed by atoms with Gasteiger partial charge in [-0.1, -0.05) is 47.5 Å². The second-order valence-electron chi connectivity index (χ2n) is 6.83. The maximum Gasteiger partial charge on any atom is 0.271 e. The lowest BCUT2D eigenvalue weighted by molar-refractivity contribution is -0.131. The number of halogens is 2. The summed E-state index contributed by atoms with van der Waals surface area (Å²) in [7, 11) is 0. The quantitative estimate of drug-likeness (QED) is 0.680. The predicted octanol–water partition coefficient (Wildman–Crippen LogP) is 4.02. The van der Waals surface area contributed by atoms with Crippen molar-refractivity contribution in [3.63, 3.8) is 0 Å². The Labute approximate surface area is 171 Å². The lowest BCUT2D eigenvalue weighted by atomic mass is 10.0. The molecule has 0 aliphatic carbocycles. The van der Waals surface area contributed by atoms with Gasteiger partial charge in [0, 0.05) is 24.8 Å². The summed E-state index contributed by atoms with van der Waals surface area (Å²) in [6.45, 7) is 1.06. The summed E-state index contributed by atoms with van der Waals surface area (Å²) in [5.41, 5.74) is 10.2. The minimum atomic E-state index is -0.316. The Balaban J connectivity index is 1.51. The summed E-state index contributed by atoms with van der Waals surface area (Å²) in [5.74, 6) is 0.0292. The molecule has 4 rings (SSSR count). The van der Waals surface area contributed by atoms with Crippen molar-refractivity contribution in [2.45, 2.75) is 19.5 Å². The van der Waals surface area contributed by atoms with Crippen LogP contribution in [0.1, 0.15) is 16.7 Å². The maximum atomic E-state index is 12.8.